The van der Waals surface area contributed by atoms with Crippen LogP contribution >= 0.6 is 0 Å². The number of hydrogen-bond donors (Lipinski definition) is 2. The second kappa shape index (κ2) is 15.6. The summed E-state index contributed by atoms with van der Waals surface area (Å²) in [5, 5.41) is 36.4. The molecule has 1 saturated heterocycles. The average Bonchev–Trinajstić information content (AvgIpc) is 3.86. The van der Waals surface area contributed by atoms with Crippen LogP contribution in [0.2, 0.25) is 0 Å². The van der Waals surface area contributed by atoms with Gasteiger partial charge in [-0.2, -0.15) is 26.3 Å². The number of anilines is 1. The highest BCUT2D eigenvalue weighted by molar-refractivity contribution is 5.88. The normalized spacial score (nSPS) is 16.3. The maximum atomic E-state index is 14.3. The smallest absolute Gasteiger partial charge is 0.381 e. The van der Waals surface area contributed by atoms with Crippen molar-refractivity contribution in [1.29, 1.82) is 0 Å². The number of epoxide rings is 1. The van der Waals surface area contributed by atoms with Crippen LogP contribution in [0.25, 0.3) is 21.8 Å². The van der Waals surface area contributed by atoms with Gasteiger partial charge in [-0.3, -0.25) is 20.2 Å². The molecule has 3 heterocycles. The van der Waals surface area contributed by atoms with E-state index >= 15 is 0 Å². The van der Waals surface area contributed by atoms with Crippen molar-refractivity contribution in [2.75, 3.05) is 18.5 Å². The Kier molecular flexibility index (Phi) is 10.7. The Morgan fingerprint density at radius 1 is 0.678 bits per heavy atom. The zero-order valence-corrected chi connectivity index (χ0v) is 30.7. The summed E-state index contributed by atoms with van der Waals surface area (Å²) in [6.45, 7) is -0.801. The molecule has 0 saturated carbocycles. The number of nitro groups is 2. The SMILES string of the molecule is O=[N+]([O-])c1ccc2c(C(O)(CNc3ccccc3)C(F)(F)F)cn(Cc3ccccc3)c2c1.O=[N+]([O-])c1ccc2c(C3(C(F)(F)F)CO3)cn(Cc3ccccc3)c2c1. The molecule has 2 N–H and O–H groups in total. The van der Waals surface area contributed by atoms with Crippen LogP contribution in [0, 0.1) is 20.2 Å². The fraction of sp³-hybridized carbons (Fsp3) is 0.190. The molecule has 11 nitrogen and oxygen atoms in total. The molecule has 2 aromatic heterocycles. The zero-order valence-electron chi connectivity index (χ0n) is 30.7. The zero-order chi connectivity index (χ0) is 42.2. The number of rotatable bonds is 11. The minimum atomic E-state index is -5.01. The van der Waals surface area contributed by atoms with Gasteiger partial charge in [-0.15, -0.1) is 0 Å². The lowest BCUT2D eigenvalue weighted by Gasteiger charge is -2.31. The van der Waals surface area contributed by atoms with E-state index in [1.54, 1.807) is 59.2 Å². The molecule has 0 amide bonds. The summed E-state index contributed by atoms with van der Waals surface area (Å²) in [5.41, 5.74) is -3.68. The maximum absolute atomic E-state index is 14.3. The average molecular weight is 818 g/mol. The highest BCUT2D eigenvalue weighted by Crippen LogP contribution is 2.54. The number of aliphatic hydroxyl groups is 1. The standard InChI is InChI=1S/C24H20F3N3O3.C18H13F3N2O3/c25-24(26,27)23(31,16-28-18-9-5-2-6-10-18)21-15-29(14-17-7-3-1-4-8-17)22-13-19(30(32)33)11-12-20(21)22;19-18(20,21)17(11-26-17)15-10-22(9-12-4-2-1-3-5-12)16-8-13(23(24)25)6-7-14(15)16/h1-13,15,28,31H,14,16H2;1-8,10H,9,11H2. The fourth-order valence-electron chi connectivity index (χ4n) is 6.94. The number of halogens is 6. The van der Waals surface area contributed by atoms with Crippen LogP contribution in [-0.2, 0) is 29.0 Å². The summed E-state index contributed by atoms with van der Waals surface area (Å²) in [6, 6.07) is 33.9. The predicted octanol–water partition coefficient (Wildman–Crippen LogP) is 9.85. The second-order valence-electron chi connectivity index (χ2n) is 13.9. The van der Waals surface area contributed by atoms with Crippen molar-refractivity contribution in [1.82, 2.24) is 9.13 Å². The molecule has 17 heteroatoms. The van der Waals surface area contributed by atoms with Crippen molar-refractivity contribution in [2.45, 2.75) is 36.6 Å². The van der Waals surface area contributed by atoms with Gasteiger partial charge < -0.3 is 24.3 Å². The Balaban J connectivity index is 0.000000184. The number of hydrogen-bond acceptors (Lipinski definition) is 7. The molecule has 1 fully saturated rings. The maximum Gasteiger partial charge on any atom is 0.424 e. The summed E-state index contributed by atoms with van der Waals surface area (Å²) in [5.74, 6) is 0. The molecule has 1 aliphatic heterocycles. The Labute approximate surface area is 331 Å². The van der Waals surface area contributed by atoms with Crippen LogP contribution in [0.4, 0.5) is 43.4 Å². The number of nitro benzene ring substituents is 2. The molecule has 0 bridgehead atoms. The van der Waals surface area contributed by atoms with Crippen LogP contribution in [0.1, 0.15) is 22.3 Å². The lowest BCUT2D eigenvalue weighted by Crippen LogP contribution is -2.47. The number of aromatic nitrogens is 2. The van der Waals surface area contributed by atoms with Gasteiger partial charge >= 0.3 is 12.4 Å². The summed E-state index contributed by atoms with van der Waals surface area (Å²) < 4.78 is 91.2. The first-order chi connectivity index (χ1) is 28.0. The molecule has 59 heavy (non-hydrogen) atoms. The van der Waals surface area contributed by atoms with Gasteiger partial charge in [0.05, 0.1) is 34.0 Å². The lowest BCUT2D eigenvalue weighted by atomic mass is 9.92. The topological polar surface area (TPSA) is 141 Å². The highest BCUT2D eigenvalue weighted by Gasteiger charge is 2.68. The minimum absolute atomic E-state index is 0.00849. The molecule has 2 atom stereocenters. The van der Waals surface area contributed by atoms with Crippen molar-refractivity contribution >= 4 is 38.9 Å². The first-order valence-corrected chi connectivity index (χ1v) is 17.9. The van der Waals surface area contributed by atoms with E-state index in [-0.39, 0.29) is 39.9 Å². The van der Waals surface area contributed by atoms with Gasteiger partial charge in [0.2, 0.25) is 11.2 Å². The summed E-state index contributed by atoms with van der Waals surface area (Å²) >= 11 is 0. The molecule has 1 aliphatic rings. The van der Waals surface area contributed by atoms with Crippen molar-refractivity contribution in [3.63, 3.8) is 0 Å². The molecular formula is C42H33F6N5O6. The molecule has 2 unspecified atom stereocenters. The molecule has 0 aliphatic carbocycles. The monoisotopic (exact) mass is 817 g/mol. The third-order valence-corrected chi connectivity index (χ3v) is 10.1. The summed E-state index contributed by atoms with van der Waals surface area (Å²) in [7, 11) is 0. The van der Waals surface area contributed by atoms with Crippen LogP contribution in [0.5, 0.6) is 0 Å². The van der Waals surface area contributed by atoms with E-state index in [1.165, 1.54) is 47.3 Å². The van der Waals surface area contributed by atoms with Crippen molar-refractivity contribution < 1.29 is 46.0 Å². The number of para-hydroxylation sites is 1. The van der Waals surface area contributed by atoms with Crippen molar-refractivity contribution in [3.05, 3.63) is 182 Å². The Morgan fingerprint density at radius 3 is 1.59 bits per heavy atom. The van der Waals surface area contributed by atoms with Crippen LogP contribution in [-0.4, -0.2) is 49.6 Å². The number of non-ortho nitro benzene ring substituents is 2. The fourth-order valence-corrected chi connectivity index (χ4v) is 6.94. The number of fused-ring (bicyclic) bond motifs is 2. The van der Waals surface area contributed by atoms with Gasteiger partial charge in [0.25, 0.3) is 11.4 Å². The molecule has 5 aromatic carbocycles. The molecule has 304 valence electrons. The number of nitrogens with one attached hydrogen (secondary N) is 1. The van der Waals surface area contributed by atoms with Crippen molar-refractivity contribution in [2.24, 2.45) is 0 Å². The largest absolute Gasteiger partial charge is 0.424 e. The van der Waals surface area contributed by atoms with Crippen LogP contribution in [0.3, 0.4) is 0 Å². The second-order valence-corrected chi connectivity index (χ2v) is 13.9. The van der Waals surface area contributed by atoms with E-state index in [1.807, 2.05) is 36.4 Å². The third-order valence-electron chi connectivity index (χ3n) is 10.1. The molecule has 7 aromatic rings. The van der Waals surface area contributed by atoms with Gasteiger partial charge in [0, 0.05) is 77.3 Å². The Bertz CT molecular complexity index is 2630. The first kappa shape index (κ1) is 40.5. The molecular weight excluding hydrogens is 784 g/mol. The van der Waals surface area contributed by atoms with E-state index in [2.05, 4.69) is 5.32 Å². The van der Waals surface area contributed by atoms with Crippen LogP contribution < -0.4 is 5.32 Å². The quantitative estimate of drug-likeness (QED) is 0.0573. The van der Waals surface area contributed by atoms with Gasteiger partial charge in [-0.25, -0.2) is 0 Å². The van der Waals surface area contributed by atoms with E-state index in [4.69, 9.17) is 4.74 Å². The number of alkyl halides is 6. The highest BCUT2D eigenvalue weighted by atomic mass is 19.4. The molecule has 0 spiro atoms. The molecule has 0 radical (unpaired) electrons. The molecule has 8 rings (SSSR count). The third kappa shape index (κ3) is 8.06. The van der Waals surface area contributed by atoms with Crippen LogP contribution in [0.15, 0.2) is 140 Å². The predicted molar refractivity (Wildman–Crippen MR) is 207 cm³/mol. The minimum Gasteiger partial charge on any atom is -0.381 e. The van der Waals surface area contributed by atoms with E-state index in [0.29, 0.717) is 23.1 Å². The van der Waals surface area contributed by atoms with Gasteiger partial charge in [-0.05, 0) is 35.4 Å². The van der Waals surface area contributed by atoms with Gasteiger partial charge in [0.1, 0.15) is 0 Å². The van der Waals surface area contributed by atoms with E-state index in [0.717, 1.165) is 17.2 Å². The Morgan fingerprint density at radius 2 is 1.14 bits per heavy atom. The van der Waals surface area contributed by atoms with Gasteiger partial charge in [-0.1, -0.05) is 78.9 Å². The van der Waals surface area contributed by atoms with Crippen molar-refractivity contribution in [3.8, 4) is 0 Å². The van der Waals surface area contributed by atoms with Gasteiger partial charge in [0.15, 0.2) is 0 Å². The summed E-state index contributed by atoms with van der Waals surface area (Å²) in [4.78, 5) is 21.2. The van der Waals surface area contributed by atoms with E-state index in [9.17, 15) is 51.7 Å². The number of benzene rings is 5. The summed E-state index contributed by atoms with van der Waals surface area (Å²) in [6.07, 6.45) is -6.95. The number of ether oxygens (including phenoxy) is 1. The Hall–Kier alpha value is -6.72. The lowest BCUT2D eigenvalue weighted by molar-refractivity contribution is -0.384. The van der Waals surface area contributed by atoms with E-state index < -0.39 is 46.6 Å². The number of nitrogens with zero attached hydrogens (tertiary/aromatic N) is 4. The first-order valence-electron chi connectivity index (χ1n) is 17.9.